The molecule has 0 atom stereocenters. The van der Waals surface area contributed by atoms with E-state index in [-0.39, 0.29) is 11.5 Å². The molecule has 0 saturated carbocycles. The fourth-order valence-corrected chi connectivity index (χ4v) is 2.35. The third kappa shape index (κ3) is 2.53. The molecule has 1 aromatic heterocycles. The maximum atomic E-state index is 12.9. The number of aryl methyl sites for hydroxylation is 1. The average Bonchev–Trinajstić information content (AvgIpc) is 2.66. The lowest BCUT2D eigenvalue weighted by Gasteiger charge is -2.08. The van der Waals surface area contributed by atoms with Gasteiger partial charge in [0.25, 0.3) is 0 Å². The Labute approximate surface area is 121 Å². The summed E-state index contributed by atoms with van der Waals surface area (Å²) in [5.74, 6) is 0.584. The summed E-state index contributed by atoms with van der Waals surface area (Å²) < 4.78 is 35.3. The molecule has 0 aliphatic carbocycles. The molecule has 1 aliphatic heterocycles. The minimum atomic E-state index is -3.61. The van der Waals surface area contributed by atoms with Crippen LogP contribution >= 0.6 is 15.9 Å². The van der Waals surface area contributed by atoms with Crippen LogP contribution in [0.4, 0.5) is 20.3 Å². The molecule has 2 heterocycles. The maximum Gasteiger partial charge on any atom is 0.586 e. The number of rotatable bonds is 2. The van der Waals surface area contributed by atoms with Gasteiger partial charge in [-0.1, -0.05) is 0 Å². The highest BCUT2D eigenvalue weighted by Crippen LogP contribution is 2.42. The summed E-state index contributed by atoms with van der Waals surface area (Å²) in [5.41, 5.74) is 1.58. The number of anilines is 2. The van der Waals surface area contributed by atoms with E-state index in [1.54, 1.807) is 12.3 Å². The third-order valence-corrected chi connectivity index (χ3v) is 3.25. The first-order valence-corrected chi connectivity index (χ1v) is 6.51. The summed E-state index contributed by atoms with van der Waals surface area (Å²) in [6.07, 6.45) is -1.90. The number of nitrogens with zero attached hydrogens (tertiary/aromatic N) is 1. The molecule has 20 heavy (non-hydrogen) atoms. The van der Waals surface area contributed by atoms with Crippen molar-refractivity contribution < 1.29 is 18.3 Å². The van der Waals surface area contributed by atoms with Gasteiger partial charge in [-0.25, -0.2) is 4.98 Å². The molecule has 0 bridgehead atoms. The normalized spacial score (nSPS) is 15.2. The summed E-state index contributed by atoms with van der Waals surface area (Å²) in [4.78, 5) is 4.22. The van der Waals surface area contributed by atoms with Gasteiger partial charge in [-0.15, -0.1) is 8.78 Å². The SMILES string of the molecule is Cc1cnc(Nc2ccc3c(c2)OC(F)(F)O3)c(Br)c1. The molecule has 0 amide bonds. The minimum absolute atomic E-state index is 0.0106. The van der Waals surface area contributed by atoms with Crippen molar-refractivity contribution in [2.75, 3.05) is 5.32 Å². The van der Waals surface area contributed by atoms with Crippen molar-refractivity contribution in [3.8, 4) is 11.5 Å². The first-order valence-electron chi connectivity index (χ1n) is 5.72. The largest absolute Gasteiger partial charge is 0.586 e. The van der Waals surface area contributed by atoms with Crippen molar-refractivity contribution in [1.29, 1.82) is 0 Å². The van der Waals surface area contributed by atoms with E-state index < -0.39 is 6.29 Å². The van der Waals surface area contributed by atoms with Crippen LogP contribution in [0.5, 0.6) is 11.5 Å². The molecule has 2 aromatic rings. The van der Waals surface area contributed by atoms with Crippen LogP contribution in [0.2, 0.25) is 0 Å². The van der Waals surface area contributed by atoms with Crippen LogP contribution < -0.4 is 14.8 Å². The van der Waals surface area contributed by atoms with Crippen LogP contribution in [0.3, 0.4) is 0 Å². The number of nitrogens with one attached hydrogen (secondary N) is 1. The number of fused-ring (bicyclic) bond motifs is 1. The van der Waals surface area contributed by atoms with E-state index in [4.69, 9.17) is 0 Å². The second kappa shape index (κ2) is 4.59. The van der Waals surface area contributed by atoms with Crippen molar-refractivity contribution >= 4 is 27.4 Å². The third-order valence-electron chi connectivity index (χ3n) is 2.64. The van der Waals surface area contributed by atoms with E-state index in [9.17, 15) is 8.78 Å². The highest BCUT2D eigenvalue weighted by atomic mass is 79.9. The Hall–Kier alpha value is -1.89. The van der Waals surface area contributed by atoms with Crippen molar-refractivity contribution in [2.45, 2.75) is 13.2 Å². The van der Waals surface area contributed by atoms with Gasteiger partial charge in [0.1, 0.15) is 5.82 Å². The van der Waals surface area contributed by atoms with Gasteiger partial charge in [0.05, 0.1) is 4.47 Å². The van der Waals surface area contributed by atoms with Gasteiger partial charge in [-0.3, -0.25) is 0 Å². The molecule has 0 spiro atoms. The van der Waals surface area contributed by atoms with E-state index in [1.807, 2.05) is 13.0 Å². The van der Waals surface area contributed by atoms with Gasteiger partial charge >= 0.3 is 6.29 Å². The maximum absolute atomic E-state index is 12.9. The van der Waals surface area contributed by atoms with Crippen LogP contribution in [0.25, 0.3) is 0 Å². The second-order valence-electron chi connectivity index (χ2n) is 4.30. The lowest BCUT2D eigenvalue weighted by atomic mass is 10.2. The molecular weight excluding hydrogens is 334 g/mol. The predicted molar refractivity (Wildman–Crippen MR) is 72.6 cm³/mol. The fourth-order valence-electron chi connectivity index (χ4n) is 1.79. The van der Waals surface area contributed by atoms with E-state index in [1.165, 1.54) is 12.1 Å². The number of hydrogen-bond acceptors (Lipinski definition) is 4. The molecule has 0 unspecified atom stereocenters. The van der Waals surface area contributed by atoms with E-state index in [0.29, 0.717) is 11.5 Å². The van der Waals surface area contributed by atoms with Crippen LogP contribution in [0.15, 0.2) is 34.9 Å². The summed E-state index contributed by atoms with van der Waals surface area (Å²) in [5, 5.41) is 3.02. The quantitative estimate of drug-likeness (QED) is 0.887. The van der Waals surface area contributed by atoms with E-state index in [2.05, 4.69) is 35.7 Å². The topological polar surface area (TPSA) is 43.4 Å². The van der Waals surface area contributed by atoms with Gasteiger partial charge in [-0.05, 0) is 46.6 Å². The number of aromatic nitrogens is 1. The van der Waals surface area contributed by atoms with Gasteiger partial charge in [0, 0.05) is 18.0 Å². The number of benzene rings is 1. The van der Waals surface area contributed by atoms with Crippen molar-refractivity contribution in [1.82, 2.24) is 4.98 Å². The fraction of sp³-hybridized carbons (Fsp3) is 0.154. The average molecular weight is 343 g/mol. The van der Waals surface area contributed by atoms with Crippen LogP contribution in [-0.2, 0) is 0 Å². The zero-order chi connectivity index (χ0) is 14.3. The molecular formula is C13H9BrF2N2O2. The molecule has 0 fully saturated rings. The van der Waals surface area contributed by atoms with Gasteiger partial charge in [0.2, 0.25) is 0 Å². The number of ether oxygens (including phenoxy) is 2. The highest BCUT2D eigenvalue weighted by molar-refractivity contribution is 9.10. The summed E-state index contributed by atoms with van der Waals surface area (Å²) >= 11 is 3.38. The lowest BCUT2D eigenvalue weighted by molar-refractivity contribution is -0.286. The second-order valence-corrected chi connectivity index (χ2v) is 5.15. The van der Waals surface area contributed by atoms with Gasteiger partial charge < -0.3 is 14.8 Å². The van der Waals surface area contributed by atoms with E-state index >= 15 is 0 Å². The molecule has 1 N–H and O–H groups in total. The monoisotopic (exact) mass is 342 g/mol. The molecule has 104 valence electrons. The van der Waals surface area contributed by atoms with Gasteiger partial charge in [-0.2, -0.15) is 0 Å². The van der Waals surface area contributed by atoms with Crippen molar-refractivity contribution in [3.05, 3.63) is 40.5 Å². The summed E-state index contributed by atoms with van der Waals surface area (Å²) in [6, 6.07) is 6.36. The molecule has 7 heteroatoms. The Morgan fingerprint density at radius 1 is 1.20 bits per heavy atom. The number of halogens is 3. The van der Waals surface area contributed by atoms with Crippen molar-refractivity contribution in [3.63, 3.8) is 0 Å². The summed E-state index contributed by atoms with van der Waals surface area (Å²) in [7, 11) is 0. The van der Waals surface area contributed by atoms with E-state index in [0.717, 1.165) is 10.0 Å². The zero-order valence-corrected chi connectivity index (χ0v) is 11.9. The standard InChI is InChI=1S/C13H9BrF2N2O2/c1-7-4-9(14)12(17-6-7)18-8-2-3-10-11(5-8)20-13(15,16)19-10/h2-6H,1H3,(H,17,18). The molecule has 4 nitrogen and oxygen atoms in total. The van der Waals surface area contributed by atoms with Gasteiger partial charge in [0.15, 0.2) is 11.5 Å². The lowest BCUT2D eigenvalue weighted by Crippen LogP contribution is -2.25. The predicted octanol–water partition coefficient (Wildman–Crippen LogP) is 4.22. The molecule has 0 radical (unpaired) electrons. The molecule has 0 saturated heterocycles. The van der Waals surface area contributed by atoms with Crippen LogP contribution in [0, 0.1) is 6.92 Å². The Morgan fingerprint density at radius 3 is 2.70 bits per heavy atom. The molecule has 3 rings (SSSR count). The Bertz CT molecular complexity index is 679. The zero-order valence-electron chi connectivity index (χ0n) is 10.3. The van der Waals surface area contributed by atoms with Crippen LogP contribution in [0.1, 0.15) is 5.56 Å². The minimum Gasteiger partial charge on any atom is -0.395 e. The Kier molecular flexibility index (Phi) is 3.01. The number of pyridine rings is 1. The Morgan fingerprint density at radius 2 is 1.95 bits per heavy atom. The van der Waals surface area contributed by atoms with Crippen molar-refractivity contribution in [2.24, 2.45) is 0 Å². The molecule has 1 aliphatic rings. The molecule has 1 aromatic carbocycles. The Balaban J connectivity index is 1.86. The number of hydrogen-bond donors (Lipinski definition) is 1. The van der Waals surface area contributed by atoms with Crippen LogP contribution in [-0.4, -0.2) is 11.3 Å². The highest BCUT2D eigenvalue weighted by Gasteiger charge is 2.43. The first kappa shape index (κ1) is 13.1. The summed E-state index contributed by atoms with van der Waals surface area (Å²) in [6.45, 7) is 1.92. The number of alkyl halides is 2. The first-order chi connectivity index (χ1) is 9.43. The smallest absolute Gasteiger partial charge is 0.395 e.